The van der Waals surface area contributed by atoms with Gasteiger partial charge in [-0.25, -0.2) is 4.98 Å². The molecule has 1 atom stereocenters. The van der Waals surface area contributed by atoms with Crippen molar-refractivity contribution in [1.29, 1.82) is 0 Å². The van der Waals surface area contributed by atoms with E-state index in [1.807, 2.05) is 17.7 Å². The fourth-order valence-electron chi connectivity index (χ4n) is 1.04. The first kappa shape index (κ1) is 9.93. The standard InChI is InChI=1S/C9H12BrNS/c1-2-3-8(7-10)6-9-11-4-5-12-9/h2,4-5,8H,1,3,6-7H2. The van der Waals surface area contributed by atoms with Crippen molar-refractivity contribution in [2.45, 2.75) is 12.8 Å². The van der Waals surface area contributed by atoms with Gasteiger partial charge < -0.3 is 0 Å². The molecule has 0 spiro atoms. The van der Waals surface area contributed by atoms with Gasteiger partial charge in [0.25, 0.3) is 0 Å². The van der Waals surface area contributed by atoms with E-state index in [2.05, 4.69) is 27.5 Å². The van der Waals surface area contributed by atoms with Crippen LogP contribution in [0.1, 0.15) is 11.4 Å². The molecular formula is C9H12BrNS. The van der Waals surface area contributed by atoms with Gasteiger partial charge >= 0.3 is 0 Å². The lowest BCUT2D eigenvalue weighted by Crippen LogP contribution is -2.04. The number of halogens is 1. The zero-order valence-corrected chi connectivity index (χ0v) is 9.27. The van der Waals surface area contributed by atoms with Crippen molar-refractivity contribution in [2.75, 3.05) is 5.33 Å². The smallest absolute Gasteiger partial charge is 0.0927 e. The predicted molar refractivity (Wildman–Crippen MR) is 57.9 cm³/mol. The van der Waals surface area contributed by atoms with Crippen LogP contribution in [0.5, 0.6) is 0 Å². The molecule has 0 radical (unpaired) electrons. The number of hydrogen-bond donors (Lipinski definition) is 0. The van der Waals surface area contributed by atoms with Gasteiger partial charge in [-0.05, 0) is 12.3 Å². The van der Waals surface area contributed by atoms with Crippen molar-refractivity contribution >= 4 is 27.3 Å². The van der Waals surface area contributed by atoms with Gasteiger partial charge in [-0.3, -0.25) is 0 Å². The summed E-state index contributed by atoms with van der Waals surface area (Å²) >= 11 is 5.22. The highest BCUT2D eigenvalue weighted by Gasteiger charge is 2.07. The fraction of sp³-hybridized carbons (Fsp3) is 0.444. The Hall–Kier alpha value is -0.150. The van der Waals surface area contributed by atoms with Crippen LogP contribution in [0.15, 0.2) is 24.2 Å². The van der Waals surface area contributed by atoms with E-state index in [0.717, 1.165) is 18.2 Å². The summed E-state index contributed by atoms with van der Waals surface area (Å²) in [7, 11) is 0. The lowest BCUT2D eigenvalue weighted by Gasteiger charge is -2.08. The number of rotatable bonds is 5. The summed E-state index contributed by atoms with van der Waals surface area (Å²) in [6, 6.07) is 0. The number of hydrogen-bond acceptors (Lipinski definition) is 2. The summed E-state index contributed by atoms with van der Waals surface area (Å²) in [5, 5.41) is 4.27. The molecular weight excluding hydrogens is 234 g/mol. The maximum atomic E-state index is 4.25. The zero-order chi connectivity index (χ0) is 8.81. The Kier molecular flexibility index (Phi) is 4.54. The molecule has 0 aliphatic carbocycles. The maximum Gasteiger partial charge on any atom is 0.0927 e. The molecule has 66 valence electrons. The van der Waals surface area contributed by atoms with Gasteiger partial charge in [0.1, 0.15) is 0 Å². The third-order valence-electron chi connectivity index (χ3n) is 1.66. The first-order valence-corrected chi connectivity index (χ1v) is 5.92. The normalized spacial score (nSPS) is 12.8. The first-order chi connectivity index (χ1) is 5.86. The van der Waals surface area contributed by atoms with Crippen LogP contribution >= 0.6 is 27.3 Å². The molecule has 1 aromatic heterocycles. The van der Waals surface area contributed by atoms with Crippen LogP contribution in [-0.4, -0.2) is 10.3 Å². The number of thiazole rings is 1. The molecule has 1 rings (SSSR count). The number of alkyl halides is 1. The Labute approximate surface area is 85.7 Å². The average molecular weight is 246 g/mol. The summed E-state index contributed by atoms with van der Waals surface area (Å²) in [6.07, 6.45) is 5.96. The largest absolute Gasteiger partial charge is 0.250 e. The predicted octanol–water partition coefficient (Wildman–Crippen LogP) is 3.27. The van der Waals surface area contributed by atoms with Gasteiger partial charge in [0.05, 0.1) is 5.01 Å². The molecule has 1 nitrogen and oxygen atoms in total. The van der Waals surface area contributed by atoms with E-state index in [9.17, 15) is 0 Å². The van der Waals surface area contributed by atoms with Crippen LogP contribution in [0.25, 0.3) is 0 Å². The third-order valence-corrected chi connectivity index (χ3v) is 3.38. The highest BCUT2D eigenvalue weighted by atomic mass is 79.9. The Bertz CT molecular complexity index is 220. The molecule has 0 aliphatic heterocycles. The fourth-order valence-corrected chi connectivity index (χ4v) is 2.26. The van der Waals surface area contributed by atoms with Crippen molar-refractivity contribution in [3.8, 4) is 0 Å². The summed E-state index contributed by atoms with van der Waals surface area (Å²) in [6.45, 7) is 3.74. The van der Waals surface area contributed by atoms with Crippen LogP contribution < -0.4 is 0 Å². The maximum absolute atomic E-state index is 4.25. The highest BCUT2D eigenvalue weighted by Crippen LogP contribution is 2.16. The average Bonchev–Trinajstić information content (AvgIpc) is 2.56. The van der Waals surface area contributed by atoms with E-state index in [-0.39, 0.29) is 0 Å². The molecule has 3 heteroatoms. The number of aromatic nitrogens is 1. The second-order valence-corrected chi connectivity index (χ2v) is 4.30. The van der Waals surface area contributed by atoms with E-state index >= 15 is 0 Å². The topological polar surface area (TPSA) is 12.9 Å². The van der Waals surface area contributed by atoms with Gasteiger partial charge in [-0.2, -0.15) is 0 Å². The van der Waals surface area contributed by atoms with Gasteiger partial charge in [0.2, 0.25) is 0 Å². The minimum Gasteiger partial charge on any atom is -0.250 e. The van der Waals surface area contributed by atoms with Crippen molar-refractivity contribution in [2.24, 2.45) is 5.92 Å². The Morgan fingerprint density at radius 2 is 2.58 bits per heavy atom. The molecule has 0 bridgehead atoms. The second-order valence-electron chi connectivity index (χ2n) is 2.67. The molecule has 0 saturated heterocycles. The van der Waals surface area contributed by atoms with E-state index in [0.29, 0.717) is 5.92 Å². The number of nitrogens with zero attached hydrogens (tertiary/aromatic N) is 1. The summed E-state index contributed by atoms with van der Waals surface area (Å²) in [5.74, 6) is 0.647. The first-order valence-electron chi connectivity index (χ1n) is 3.92. The van der Waals surface area contributed by atoms with Gasteiger partial charge in [0.15, 0.2) is 0 Å². The third kappa shape index (κ3) is 3.07. The van der Waals surface area contributed by atoms with Gasteiger partial charge in [-0.1, -0.05) is 22.0 Å². The molecule has 12 heavy (non-hydrogen) atoms. The molecule has 0 aliphatic rings. The van der Waals surface area contributed by atoms with E-state index in [4.69, 9.17) is 0 Å². The number of allylic oxidation sites excluding steroid dienone is 1. The van der Waals surface area contributed by atoms with Crippen LogP contribution in [0, 0.1) is 5.92 Å². The monoisotopic (exact) mass is 245 g/mol. The molecule has 0 saturated carbocycles. The Morgan fingerprint density at radius 3 is 3.08 bits per heavy atom. The minimum absolute atomic E-state index is 0.647. The van der Waals surface area contributed by atoms with E-state index < -0.39 is 0 Å². The molecule has 0 aromatic carbocycles. The summed E-state index contributed by atoms with van der Waals surface area (Å²) in [5.41, 5.74) is 0. The SMILES string of the molecule is C=CCC(CBr)Cc1nccs1. The van der Waals surface area contributed by atoms with Crippen molar-refractivity contribution in [3.63, 3.8) is 0 Å². The quantitative estimate of drug-likeness (QED) is 0.574. The summed E-state index contributed by atoms with van der Waals surface area (Å²) < 4.78 is 0. The van der Waals surface area contributed by atoms with Crippen molar-refractivity contribution in [1.82, 2.24) is 4.98 Å². The zero-order valence-electron chi connectivity index (χ0n) is 6.87. The van der Waals surface area contributed by atoms with Crippen molar-refractivity contribution in [3.05, 3.63) is 29.2 Å². The van der Waals surface area contributed by atoms with Crippen LogP contribution in [0.2, 0.25) is 0 Å². The molecule has 0 fully saturated rings. The Morgan fingerprint density at radius 1 is 1.75 bits per heavy atom. The Balaban J connectivity index is 2.42. The minimum atomic E-state index is 0.647. The molecule has 1 unspecified atom stereocenters. The molecule has 0 amide bonds. The highest BCUT2D eigenvalue weighted by molar-refractivity contribution is 9.09. The van der Waals surface area contributed by atoms with Crippen molar-refractivity contribution < 1.29 is 0 Å². The van der Waals surface area contributed by atoms with Crippen LogP contribution in [-0.2, 0) is 6.42 Å². The van der Waals surface area contributed by atoms with E-state index in [1.165, 1.54) is 5.01 Å². The molecule has 0 N–H and O–H groups in total. The van der Waals surface area contributed by atoms with Gasteiger partial charge in [-0.15, -0.1) is 17.9 Å². The second kappa shape index (κ2) is 5.49. The van der Waals surface area contributed by atoms with Crippen LogP contribution in [0.3, 0.4) is 0 Å². The molecule has 1 aromatic rings. The lowest BCUT2D eigenvalue weighted by molar-refractivity contribution is 0.603. The van der Waals surface area contributed by atoms with Gasteiger partial charge in [0, 0.05) is 23.3 Å². The van der Waals surface area contributed by atoms with E-state index in [1.54, 1.807) is 11.3 Å². The van der Waals surface area contributed by atoms with Crippen LogP contribution in [0.4, 0.5) is 0 Å². The molecule has 1 heterocycles. The summed E-state index contributed by atoms with van der Waals surface area (Å²) in [4.78, 5) is 4.25. The lowest BCUT2D eigenvalue weighted by atomic mass is 10.1.